The maximum absolute atomic E-state index is 12.4. The predicted octanol–water partition coefficient (Wildman–Crippen LogP) is 3.91. The van der Waals surface area contributed by atoms with Crippen molar-refractivity contribution in [3.05, 3.63) is 65.9 Å². The molecule has 148 valence electrons. The lowest BCUT2D eigenvalue weighted by Crippen LogP contribution is -2.37. The predicted molar refractivity (Wildman–Crippen MR) is 115 cm³/mol. The largest absolute Gasteiger partial charge is 0.378 e. The van der Waals surface area contributed by atoms with Gasteiger partial charge in [0.05, 0.1) is 0 Å². The minimum absolute atomic E-state index is 0.0464. The van der Waals surface area contributed by atoms with E-state index < -0.39 is 6.10 Å². The molecule has 3 aromatic rings. The van der Waals surface area contributed by atoms with E-state index in [4.69, 9.17) is 4.74 Å². The van der Waals surface area contributed by atoms with Gasteiger partial charge in [0.25, 0.3) is 0 Å². The molecule has 2 N–H and O–H groups in total. The molecule has 2 atom stereocenters. The summed E-state index contributed by atoms with van der Waals surface area (Å²) in [5, 5.41) is 4.25. The first-order chi connectivity index (χ1) is 13.5. The number of aromatic amines is 1. The van der Waals surface area contributed by atoms with Gasteiger partial charge >= 0.3 is 0 Å². The van der Waals surface area contributed by atoms with Gasteiger partial charge in [-0.05, 0) is 43.2 Å². The Balaban J connectivity index is 1.91. The van der Waals surface area contributed by atoms with E-state index in [1.807, 2.05) is 39.3 Å². The van der Waals surface area contributed by atoms with E-state index >= 15 is 0 Å². The third-order valence-corrected chi connectivity index (χ3v) is 5.07. The number of hydrogen-bond acceptors (Lipinski definition) is 3. The van der Waals surface area contributed by atoms with Crippen molar-refractivity contribution in [2.75, 3.05) is 32.1 Å². The number of fused-ring (bicyclic) bond motifs is 1. The molecule has 0 aliphatic heterocycles. The molecule has 28 heavy (non-hydrogen) atoms. The standard InChI is InChI=1S/C23H29N3O2/c1-5-28-16(2)23(27)25-14-20(17-10-12-18(13-11-17)26(3)4)21-15-24-22-9-7-6-8-19(21)22/h6-13,15-16,20,24H,5,14H2,1-4H3,(H,25,27). The molecular weight excluding hydrogens is 350 g/mol. The molecule has 0 saturated carbocycles. The van der Waals surface area contributed by atoms with Crippen LogP contribution in [0.25, 0.3) is 10.9 Å². The zero-order chi connectivity index (χ0) is 20.1. The van der Waals surface area contributed by atoms with Gasteiger partial charge in [0.15, 0.2) is 0 Å². The summed E-state index contributed by atoms with van der Waals surface area (Å²) in [6.45, 7) is 4.71. The Bertz CT molecular complexity index is 915. The molecule has 3 rings (SSSR count). The number of para-hydroxylation sites is 1. The van der Waals surface area contributed by atoms with Gasteiger partial charge in [-0.3, -0.25) is 4.79 Å². The number of ether oxygens (including phenoxy) is 1. The number of H-pyrrole nitrogens is 1. The van der Waals surface area contributed by atoms with Gasteiger partial charge in [0.1, 0.15) is 6.10 Å². The molecule has 0 fully saturated rings. The monoisotopic (exact) mass is 379 g/mol. The Labute approximate surface area is 166 Å². The summed E-state index contributed by atoms with van der Waals surface area (Å²) < 4.78 is 5.42. The van der Waals surface area contributed by atoms with Gasteiger partial charge in [0, 0.05) is 56.0 Å². The fraction of sp³-hybridized carbons (Fsp3) is 0.348. The molecule has 1 amide bonds. The van der Waals surface area contributed by atoms with Crippen LogP contribution in [0.3, 0.4) is 0 Å². The first-order valence-electron chi connectivity index (χ1n) is 9.73. The highest BCUT2D eigenvalue weighted by Gasteiger charge is 2.21. The number of hydrogen-bond donors (Lipinski definition) is 2. The fourth-order valence-electron chi connectivity index (χ4n) is 3.47. The SMILES string of the molecule is CCOC(C)C(=O)NCC(c1ccc(N(C)C)cc1)c1c[nH]c2ccccc12. The lowest BCUT2D eigenvalue weighted by molar-refractivity contribution is -0.131. The van der Waals surface area contributed by atoms with Crippen LogP contribution in [-0.4, -0.2) is 44.2 Å². The van der Waals surface area contributed by atoms with Crippen LogP contribution in [0.5, 0.6) is 0 Å². The second-order valence-corrected chi connectivity index (χ2v) is 7.17. The molecule has 1 aromatic heterocycles. The van der Waals surface area contributed by atoms with Crippen LogP contribution >= 0.6 is 0 Å². The third kappa shape index (κ3) is 4.37. The van der Waals surface area contributed by atoms with E-state index in [0.717, 1.165) is 11.2 Å². The van der Waals surface area contributed by atoms with Crippen LogP contribution in [0.4, 0.5) is 5.69 Å². The normalized spacial score (nSPS) is 13.3. The van der Waals surface area contributed by atoms with Crippen LogP contribution in [0.2, 0.25) is 0 Å². The Hall–Kier alpha value is -2.79. The molecule has 1 heterocycles. The minimum atomic E-state index is -0.454. The average Bonchev–Trinajstić information content (AvgIpc) is 3.12. The average molecular weight is 380 g/mol. The highest BCUT2D eigenvalue weighted by Crippen LogP contribution is 2.31. The molecule has 5 heteroatoms. The third-order valence-electron chi connectivity index (χ3n) is 5.07. The molecule has 0 spiro atoms. The summed E-state index contributed by atoms with van der Waals surface area (Å²) in [6, 6.07) is 16.8. The number of rotatable bonds is 8. The topological polar surface area (TPSA) is 57.4 Å². The molecule has 2 aromatic carbocycles. The van der Waals surface area contributed by atoms with Crippen molar-refractivity contribution in [3.63, 3.8) is 0 Å². The molecular formula is C23H29N3O2. The van der Waals surface area contributed by atoms with Crippen molar-refractivity contribution in [3.8, 4) is 0 Å². The molecule has 0 saturated heterocycles. The maximum Gasteiger partial charge on any atom is 0.248 e. The second kappa shape index (κ2) is 8.93. The van der Waals surface area contributed by atoms with E-state index in [2.05, 4.69) is 51.6 Å². The van der Waals surface area contributed by atoms with Gasteiger partial charge in [-0.15, -0.1) is 0 Å². The van der Waals surface area contributed by atoms with Crippen molar-refractivity contribution in [1.82, 2.24) is 10.3 Å². The van der Waals surface area contributed by atoms with Crippen molar-refractivity contribution in [2.45, 2.75) is 25.9 Å². The Morgan fingerprint density at radius 1 is 1.14 bits per heavy atom. The molecule has 0 bridgehead atoms. The Morgan fingerprint density at radius 2 is 1.86 bits per heavy atom. The quantitative estimate of drug-likeness (QED) is 0.624. The van der Waals surface area contributed by atoms with E-state index in [1.165, 1.54) is 16.5 Å². The molecule has 0 radical (unpaired) electrons. The summed E-state index contributed by atoms with van der Waals surface area (Å²) in [6.07, 6.45) is 1.59. The number of amides is 1. The summed E-state index contributed by atoms with van der Waals surface area (Å²) in [4.78, 5) is 17.8. The smallest absolute Gasteiger partial charge is 0.248 e. The van der Waals surface area contributed by atoms with Gasteiger partial charge in [0.2, 0.25) is 5.91 Å². The van der Waals surface area contributed by atoms with Gasteiger partial charge < -0.3 is 19.9 Å². The number of carbonyl (C=O) groups is 1. The van der Waals surface area contributed by atoms with Crippen LogP contribution in [0.1, 0.15) is 30.9 Å². The second-order valence-electron chi connectivity index (χ2n) is 7.17. The number of carbonyl (C=O) groups excluding carboxylic acids is 1. The number of benzene rings is 2. The summed E-state index contributed by atoms with van der Waals surface area (Å²) in [5.74, 6) is -0.0401. The molecule has 0 aliphatic carbocycles. The Kier molecular flexibility index (Phi) is 6.37. The number of aromatic nitrogens is 1. The van der Waals surface area contributed by atoms with E-state index in [0.29, 0.717) is 13.2 Å². The zero-order valence-corrected chi connectivity index (χ0v) is 17.0. The van der Waals surface area contributed by atoms with Gasteiger partial charge in [-0.1, -0.05) is 30.3 Å². The van der Waals surface area contributed by atoms with E-state index in [1.54, 1.807) is 6.92 Å². The van der Waals surface area contributed by atoms with Gasteiger partial charge in [-0.25, -0.2) is 0 Å². The van der Waals surface area contributed by atoms with Crippen LogP contribution < -0.4 is 10.2 Å². The first kappa shape index (κ1) is 20.0. The van der Waals surface area contributed by atoms with Crippen LogP contribution in [0, 0.1) is 0 Å². The lowest BCUT2D eigenvalue weighted by atomic mass is 9.90. The Morgan fingerprint density at radius 3 is 2.54 bits per heavy atom. The number of nitrogens with zero attached hydrogens (tertiary/aromatic N) is 1. The molecule has 0 aliphatic rings. The summed E-state index contributed by atoms with van der Waals surface area (Å²) in [5.41, 5.74) is 4.59. The zero-order valence-electron chi connectivity index (χ0n) is 17.0. The summed E-state index contributed by atoms with van der Waals surface area (Å²) in [7, 11) is 4.06. The first-order valence-corrected chi connectivity index (χ1v) is 9.73. The van der Waals surface area contributed by atoms with E-state index in [-0.39, 0.29) is 11.8 Å². The number of nitrogens with one attached hydrogen (secondary N) is 2. The van der Waals surface area contributed by atoms with Crippen LogP contribution in [0.15, 0.2) is 54.7 Å². The van der Waals surface area contributed by atoms with Crippen molar-refractivity contribution in [1.29, 1.82) is 0 Å². The van der Waals surface area contributed by atoms with E-state index in [9.17, 15) is 4.79 Å². The number of anilines is 1. The van der Waals surface area contributed by atoms with Gasteiger partial charge in [-0.2, -0.15) is 0 Å². The minimum Gasteiger partial charge on any atom is -0.378 e. The van der Waals surface area contributed by atoms with Crippen molar-refractivity contribution >= 4 is 22.5 Å². The maximum atomic E-state index is 12.4. The van der Waals surface area contributed by atoms with Crippen molar-refractivity contribution in [2.24, 2.45) is 0 Å². The fourth-order valence-corrected chi connectivity index (χ4v) is 3.47. The van der Waals surface area contributed by atoms with Crippen LogP contribution in [-0.2, 0) is 9.53 Å². The van der Waals surface area contributed by atoms with Crippen molar-refractivity contribution < 1.29 is 9.53 Å². The highest BCUT2D eigenvalue weighted by atomic mass is 16.5. The summed E-state index contributed by atoms with van der Waals surface area (Å²) >= 11 is 0. The molecule has 5 nitrogen and oxygen atoms in total. The highest BCUT2D eigenvalue weighted by molar-refractivity contribution is 5.84. The lowest BCUT2D eigenvalue weighted by Gasteiger charge is -2.21. The molecule has 2 unspecified atom stereocenters.